The predicted molar refractivity (Wildman–Crippen MR) is 129 cm³/mol. The van der Waals surface area contributed by atoms with Gasteiger partial charge in [-0.1, -0.05) is 18.2 Å². The van der Waals surface area contributed by atoms with Gasteiger partial charge in [-0.3, -0.25) is 19.8 Å². The number of nitriles is 2. The van der Waals surface area contributed by atoms with Gasteiger partial charge in [-0.2, -0.15) is 28.7 Å². The molecule has 1 aromatic heterocycles. The topological polar surface area (TPSA) is 140 Å². The summed E-state index contributed by atoms with van der Waals surface area (Å²) in [5, 5.41) is 28.4. The third-order valence-electron chi connectivity index (χ3n) is 5.71. The molecule has 3 aromatic rings. The van der Waals surface area contributed by atoms with Gasteiger partial charge >= 0.3 is 6.18 Å². The number of allylic oxidation sites excluding steroid dienone is 2. The van der Waals surface area contributed by atoms with Crippen molar-refractivity contribution in [3.63, 3.8) is 0 Å². The monoisotopic (exact) mass is 520 g/mol. The van der Waals surface area contributed by atoms with Gasteiger partial charge in [-0.05, 0) is 42.8 Å². The van der Waals surface area contributed by atoms with Crippen molar-refractivity contribution in [2.75, 3.05) is 16.8 Å². The number of hydrogen-bond donors (Lipinski definition) is 2. The van der Waals surface area contributed by atoms with E-state index >= 15 is 0 Å². The van der Waals surface area contributed by atoms with Gasteiger partial charge in [-0.15, -0.1) is 5.10 Å². The molecule has 0 fully saturated rings. The number of carbonyl (C=O) groups excluding carboxylic acids is 2. The zero-order valence-corrected chi connectivity index (χ0v) is 20.0. The van der Waals surface area contributed by atoms with E-state index in [0.717, 1.165) is 12.1 Å². The minimum atomic E-state index is -4.61. The Labute approximate surface area is 214 Å². The Kier molecular flexibility index (Phi) is 6.86. The second-order valence-corrected chi connectivity index (χ2v) is 8.27. The van der Waals surface area contributed by atoms with Crippen molar-refractivity contribution in [3.8, 4) is 12.1 Å². The fraction of sp³-hybridized carbons (Fsp3) is 0.200. The van der Waals surface area contributed by atoms with E-state index in [4.69, 9.17) is 5.26 Å². The highest BCUT2D eigenvalue weighted by Gasteiger charge is 2.37. The minimum Gasteiger partial charge on any atom is -0.347 e. The lowest BCUT2D eigenvalue weighted by Gasteiger charge is -2.34. The quantitative estimate of drug-likeness (QED) is 0.522. The largest absolute Gasteiger partial charge is 0.416 e. The van der Waals surface area contributed by atoms with Crippen LogP contribution in [-0.4, -0.2) is 33.1 Å². The summed E-state index contributed by atoms with van der Waals surface area (Å²) in [6, 6.07) is 14.2. The lowest BCUT2D eigenvalue weighted by Crippen LogP contribution is -2.31. The number of hydrogen-bond acceptors (Lipinski definition) is 7. The highest BCUT2D eigenvalue weighted by molar-refractivity contribution is 5.93. The molecule has 38 heavy (non-hydrogen) atoms. The molecule has 0 radical (unpaired) electrons. The summed E-state index contributed by atoms with van der Waals surface area (Å²) in [6.45, 7) is 2.47. The summed E-state index contributed by atoms with van der Waals surface area (Å²) >= 11 is 0. The maximum Gasteiger partial charge on any atom is 0.416 e. The first-order chi connectivity index (χ1) is 18.0. The van der Waals surface area contributed by atoms with Crippen LogP contribution in [0.3, 0.4) is 0 Å². The van der Waals surface area contributed by atoms with Crippen LogP contribution in [0.5, 0.6) is 0 Å². The molecular formula is C25H19F3N8O2. The van der Waals surface area contributed by atoms with E-state index in [1.165, 1.54) is 28.6 Å². The number of alkyl halides is 3. The SMILES string of the molecule is CC(=O)NCC(=O)Nc1nc2n(n1)[C@H](c1ccc(C#N)cc1)C(C#N)=C(C)N2c1cccc(C(F)(F)F)c1. The van der Waals surface area contributed by atoms with Crippen molar-refractivity contribution in [2.45, 2.75) is 26.1 Å². The molecule has 1 atom stereocenters. The number of carbonyl (C=O) groups is 2. The fourth-order valence-electron chi connectivity index (χ4n) is 3.98. The molecule has 0 aliphatic carbocycles. The van der Waals surface area contributed by atoms with Crippen molar-refractivity contribution < 1.29 is 22.8 Å². The highest BCUT2D eigenvalue weighted by atomic mass is 19.4. The molecule has 0 saturated heterocycles. The second-order valence-electron chi connectivity index (χ2n) is 8.27. The fourth-order valence-corrected chi connectivity index (χ4v) is 3.98. The van der Waals surface area contributed by atoms with Gasteiger partial charge < -0.3 is 5.32 Å². The number of nitrogens with zero attached hydrogens (tertiary/aromatic N) is 6. The van der Waals surface area contributed by atoms with Gasteiger partial charge in [-0.25, -0.2) is 4.68 Å². The van der Waals surface area contributed by atoms with E-state index in [2.05, 4.69) is 26.8 Å². The van der Waals surface area contributed by atoms with Crippen molar-refractivity contribution >= 4 is 29.4 Å². The highest BCUT2D eigenvalue weighted by Crippen LogP contribution is 2.43. The van der Waals surface area contributed by atoms with Crippen LogP contribution in [0.25, 0.3) is 0 Å². The van der Waals surface area contributed by atoms with E-state index in [9.17, 15) is 28.0 Å². The second kappa shape index (κ2) is 10.1. The average Bonchev–Trinajstić information content (AvgIpc) is 3.28. The van der Waals surface area contributed by atoms with Crippen molar-refractivity contribution in [1.29, 1.82) is 10.5 Å². The number of anilines is 3. The third-order valence-corrected chi connectivity index (χ3v) is 5.71. The molecule has 4 rings (SSSR count). The van der Waals surface area contributed by atoms with Crippen LogP contribution in [0.1, 0.15) is 36.6 Å². The van der Waals surface area contributed by atoms with Gasteiger partial charge in [0.1, 0.15) is 6.04 Å². The summed E-state index contributed by atoms with van der Waals surface area (Å²) in [5.74, 6) is -1.19. The van der Waals surface area contributed by atoms with Gasteiger partial charge in [0.2, 0.25) is 17.8 Å². The molecule has 2 N–H and O–H groups in total. The molecule has 0 bridgehead atoms. The smallest absolute Gasteiger partial charge is 0.347 e. The lowest BCUT2D eigenvalue weighted by atomic mass is 9.95. The molecule has 10 nitrogen and oxygen atoms in total. The minimum absolute atomic E-state index is 0.0463. The van der Waals surface area contributed by atoms with E-state index in [1.807, 2.05) is 6.07 Å². The Bertz CT molecular complexity index is 1530. The number of benzene rings is 2. The standard InChI is InChI=1S/C25H19F3N8O2/c1-14-20(12-30)22(17-8-6-16(11-29)7-9-17)36-24(33-23(34-36)32-21(38)13-31-15(2)37)35(14)19-5-3-4-18(10-19)25(26,27)28/h3-10,22H,13H2,1-2H3,(H,31,37)(H,32,34,38)/t22-/m1/s1. The number of nitrogens with one attached hydrogen (secondary N) is 2. The van der Waals surface area contributed by atoms with Crippen LogP contribution in [0.15, 0.2) is 59.8 Å². The van der Waals surface area contributed by atoms with Gasteiger partial charge in [0.05, 0.1) is 35.4 Å². The summed E-state index contributed by atoms with van der Waals surface area (Å²) < 4.78 is 41.8. The molecule has 0 spiro atoms. The van der Waals surface area contributed by atoms with Crippen LogP contribution < -0.4 is 15.5 Å². The van der Waals surface area contributed by atoms with E-state index in [0.29, 0.717) is 16.8 Å². The number of rotatable bonds is 5. The molecule has 2 aromatic carbocycles. The van der Waals surface area contributed by atoms with Crippen molar-refractivity contribution in [2.24, 2.45) is 0 Å². The van der Waals surface area contributed by atoms with Crippen LogP contribution in [-0.2, 0) is 15.8 Å². The molecule has 2 amide bonds. The van der Waals surface area contributed by atoms with E-state index in [-0.39, 0.29) is 29.7 Å². The molecule has 2 heterocycles. The first-order valence-corrected chi connectivity index (χ1v) is 11.1. The van der Waals surface area contributed by atoms with Crippen LogP contribution >= 0.6 is 0 Å². The maximum atomic E-state index is 13.5. The third kappa shape index (κ3) is 5.03. The summed E-state index contributed by atoms with van der Waals surface area (Å²) in [6.07, 6.45) is -4.61. The number of aromatic nitrogens is 3. The summed E-state index contributed by atoms with van der Waals surface area (Å²) in [7, 11) is 0. The van der Waals surface area contributed by atoms with Crippen molar-refractivity contribution in [1.82, 2.24) is 20.1 Å². The van der Waals surface area contributed by atoms with Crippen LogP contribution in [0.2, 0.25) is 0 Å². The molecule has 1 aliphatic heterocycles. The Balaban J connectivity index is 1.87. The number of fused-ring (bicyclic) bond motifs is 1. The predicted octanol–water partition coefficient (Wildman–Crippen LogP) is 3.78. The lowest BCUT2D eigenvalue weighted by molar-refractivity contribution is -0.137. The van der Waals surface area contributed by atoms with Gasteiger partial charge in [0.25, 0.3) is 5.95 Å². The molecule has 192 valence electrons. The zero-order valence-electron chi connectivity index (χ0n) is 20.0. The Hall–Kier alpha value is -5.17. The van der Waals surface area contributed by atoms with Gasteiger partial charge in [0.15, 0.2) is 0 Å². The normalized spacial score (nSPS) is 14.8. The first kappa shape index (κ1) is 25.9. The number of halogens is 3. The van der Waals surface area contributed by atoms with Crippen LogP contribution in [0.4, 0.5) is 30.8 Å². The van der Waals surface area contributed by atoms with Crippen molar-refractivity contribution in [3.05, 3.63) is 76.5 Å². The zero-order chi connectivity index (χ0) is 27.6. The van der Waals surface area contributed by atoms with Gasteiger partial charge in [0, 0.05) is 18.3 Å². The van der Waals surface area contributed by atoms with E-state index < -0.39 is 29.6 Å². The molecule has 13 heteroatoms. The average molecular weight is 520 g/mol. The maximum absolute atomic E-state index is 13.5. The Morgan fingerprint density at radius 3 is 2.42 bits per heavy atom. The Morgan fingerprint density at radius 2 is 1.82 bits per heavy atom. The molecule has 1 aliphatic rings. The molecule has 0 saturated carbocycles. The number of amides is 2. The van der Waals surface area contributed by atoms with Crippen LogP contribution in [0, 0.1) is 22.7 Å². The molecule has 0 unspecified atom stereocenters. The molecular weight excluding hydrogens is 501 g/mol. The summed E-state index contributed by atoms with van der Waals surface area (Å²) in [4.78, 5) is 29.1. The summed E-state index contributed by atoms with van der Waals surface area (Å²) in [5.41, 5.74) is 0.598. The first-order valence-electron chi connectivity index (χ1n) is 11.1. The Morgan fingerprint density at radius 1 is 1.11 bits per heavy atom. The van der Waals surface area contributed by atoms with E-state index in [1.54, 1.807) is 31.2 Å².